The molecule has 43 heavy (non-hydrogen) atoms. The second kappa shape index (κ2) is 9.66. The van der Waals surface area contributed by atoms with Crippen molar-refractivity contribution in [3.05, 3.63) is 82.3 Å². The largest absolute Gasteiger partial charge is 0.383 e. The standard InChI is InChI=1S/C31H26ClFN6O3S/c32-26-27(29(40)36-18-12-19(16-34)35-25(33)13-18)38-11-5-4-8-20(38)28(26)43-39-23-9-10-30(23)24(39)15-31(30,41)22-14-21(42-37-22)17-6-2-1-3-7-17/h1-3,6-7,12-14,23-24,41H,4-5,8-11,15H2,(H,35,36,40). The van der Waals surface area contributed by atoms with Crippen LogP contribution in [0.5, 0.6) is 0 Å². The first-order valence-corrected chi connectivity index (χ1v) is 15.5. The van der Waals surface area contributed by atoms with Gasteiger partial charge in [-0.3, -0.25) is 4.79 Å². The fraction of sp³-hybridized carbons (Fsp3) is 0.355. The van der Waals surface area contributed by atoms with Gasteiger partial charge >= 0.3 is 0 Å². The van der Waals surface area contributed by atoms with Crippen LogP contribution in [0.25, 0.3) is 11.3 Å². The lowest BCUT2D eigenvalue weighted by atomic mass is 9.36. The fourth-order valence-corrected chi connectivity index (χ4v) is 9.56. The van der Waals surface area contributed by atoms with E-state index in [0.29, 0.717) is 35.1 Å². The number of nitrogens with one attached hydrogen (secondary N) is 1. The van der Waals surface area contributed by atoms with E-state index in [1.54, 1.807) is 18.0 Å². The van der Waals surface area contributed by atoms with Crippen molar-refractivity contribution in [1.29, 1.82) is 5.26 Å². The molecule has 2 aliphatic carbocycles. The zero-order chi connectivity index (χ0) is 29.5. The summed E-state index contributed by atoms with van der Waals surface area (Å²) in [4.78, 5) is 17.9. The molecule has 2 aliphatic heterocycles. The van der Waals surface area contributed by atoms with Crippen LogP contribution in [-0.4, -0.2) is 42.1 Å². The Bertz CT molecular complexity index is 1830. The van der Waals surface area contributed by atoms with Crippen molar-refractivity contribution in [3.8, 4) is 17.4 Å². The summed E-state index contributed by atoms with van der Waals surface area (Å²) in [7, 11) is 0. The molecule has 0 bridgehead atoms. The van der Waals surface area contributed by atoms with Crippen molar-refractivity contribution in [2.75, 3.05) is 5.32 Å². The number of hydrogen-bond acceptors (Lipinski definition) is 8. The Balaban J connectivity index is 1.05. The maximum absolute atomic E-state index is 13.9. The maximum Gasteiger partial charge on any atom is 0.273 e. The van der Waals surface area contributed by atoms with Gasteiger partial charge in [0.25, 0.3) is 5.91 Å². The highest BCUT2D eigenvalue weighted by Gasteiger charge is 2.83. The highest BCUT2D eigenvalue weighted by molar-refractivity contribution is 7.97. The van der Waals surface area contributed by atoms with Crippen molar-refractivity contribution < 1.29 is 18.8 Å². The van der Waals surface area contributed by atoms with Crippen LogP contribution in [0.4, 0.5) is 10.1 Å². The number of benzene rings is 1. The molecule has 2 saturated carbocycles. The van der Waals surface area contributed by atoms with E-state index in [2.05, 4.69) is 19.8 Å². The molecular weight excluding hydrogens is 591 g/mol. The highest BCUT2D eigenvalue weighted by Crippen LogP contribution is 2.77. The zero-order valence-electron chi connectivity index (χ0n) is 22.9. The Labute approximate surface area is 255 Å². The normalized spacial score (nSPS) is 27.0. The van der Waals surface area contributed by atoms with Gasteiger partial charge in [0.1, 0.15) is 28.8 Å². The molecule has 1 aromatic carbocycles. The Hall–Kier alpha value is -3.69. The summed E-state index contributed by atoms with van der Waals surface area (Å²) in [6, 6.07) is 16.1. The number of halogens is 2. The van der Waals surface area contributed by atoms with Gasteiger partial charge in [-0.25, -0.2) is 9.29 Å². The third-order valence-corrected chi connectivity index (χ3v) is 11.6. The molecule has 3 aromatic heterocycles. The highest BCUT2D eigenvalue weighted by atomic mass is 35.5. The van der Waals surface area contributed by atoms with Gasteiger partial charge in [-0.2, -0.15) is 9.65 Å². The molecule has 5 heterocycles. The third-order valence-electron chi connectivity index (χ3n) is 9.77. The first-order chi connectivity index (χ1) is 20.8. The number of hydrogen-bond donors (Lipinski definition) is 2. The Morgan fingerprint density at radius 1 is 1.23 bits per heavy atom. The van der Waals surface area contributed by atoms with E-state index in [4.69, 9.17) is 21.4 Å². The van der Waals surface area contributed by atoms with Gasteiger partial charge in [-0.05, 0) is 56.5 Å². The van der Waals surface area contributed by atoms with E-state index in [0.717, 1.165) is 54.3 Å². The number of nitriles is 1. The molecule has 8 rings (SSSR count). The summed E-state index contributed by atoms with van der Waals surface area (Å²) in [5, 5.41) is 28.4. The first kappa shape index (κ1) is 26.9. The summed E-state index contributed by atoms with van der Waals surface area (Å²) >= 11 is 8.55. The number of anilines is 1. The van der Waals surface area contributed by atoms with E-state index in [1.165, 1.54) is 6.07 Å². The smallest absolute Gasteiger partial charge is 0.273 e. The number of aromatic nitrogens is 3. The Morgan fingerprint density at radius 2 is 2.07 bits per heavy atom. The van der Waals surface area contributed by atoms with Gasteiger partial charge in [-0.15, -0.1) is 0 Å². The van der Waals surface area contributed by atoms with Gasteiger partial charge in [0, 0.05) is 53.1 Å². The Kier molecular flexibility index (Phi) is 6.04. The number of aliphatic hydroxyl groups is 1. The van der Waals surface area contributed by atoms with Crippen LogP contribution in [0.2, 0.25) is 5.02 Å². The van der Waals surface area contributed by atoms with Crippen molar-refractivity contribution >= 4 is 35.1 Å². The molecule has 2 N–H and O–H groups in total. The molecule has 4 atom stereocenters. The number of piperidine rings is 2. The molecule has 1 saturated heterocycles. The number of pyridine rings is 1. The summed E-state index contributed by atoms with van der Waals surface area (Å²) in [5.74, 6) is -0.672. The third kappa shape index (κ3) is 3.73. The lowest BCUT2D eigenvalue weighted by Gasteiger charge is -2.81. The van der Waals surface area contributed by atoms with Crippen LogP contribution < -0.4 is 5.32 Å². The summed E-state index contributed by atoms with van der Waals surface area (Å²) in [5.41, 5.74) is 1.54. The van der Waals surface area contributed by atoms with Gasteiger partial charge in [0.05, 0.1) is 9.92 Å². The molecule has 1 amide bonds. The average molecular weight is 617 g/mol. The van der Waals surface area contributed by atoms with Crippen LogP contribution in [0.15, 0.2) is 57.9 Å². The maximum atomic E-state index is 13.9. The van der Waals surface area contributed by atoms with Gasteiger partial charge in [0.2, 0.25) is 5.95 Å². The lowest BCUT2D eigenvalue weighted by molar-refractivity contribution is -0.349. The van der Waals surface area contributed by atoms with Crippen LogP contribution in [0, 0.1) is 22.7 Å². The number of carbonyl (C=O) groups excluding carboxylic acids is 1. The van der Waals surface area contributed by atoms with E-state index >= 15 is 0 Å². The predicted molar refractivity (Wildman–Crippen MR) is 157 cm³/mol. The molecule has 4 aromatic rings. The summed E-state index contributed by atoms with van der Waals surface area (Å²) < 4.78 is 23.9. The number of nitrogens with zero attached hydrogens (tertiary/aromatic N) is 5. The molecule has 4 aliphatic rings. The number of fused-ring (bicyclic) bond motifs is 1. The predicted octanol–water partition coefficient (Wildman–Crippen LogP) is 5.92. The second-order valence-electron chi connectivity index (χ2n) is 11.7. The van der Waals surface area contributed by atoms with Crippen molar-refractivity contribution in [1.82, 2.24) is 19.0 Å². The molecule has 12 heteroatoms. The molecule has 9 nitrogen and oxygen atoms in total. The molecule has 4 unspecified atom stereocenters. The number of amides is 1. The quantitative estimate of drug-likeness (QED) is 0.202. The van der Waals surface area contributed by atoms with Crippen molar-refractivity contribution in [3.63, 3.8) is 0 Å². The molecule has 1 spiro atoms. The number of carbonyl (C=O) groups is 1. The van der Waals surface area contributed by atoms with Gasteiger partial charge in [0.15, 0.2) is 5.76 Å². The van der Waals surface area contributed by atoms with E-state index in [-0.39, 0.29) is 28.9 Å². The van der Waals surface area contributed by atoms with E-state index in [1.807, 2.05) is 41.0 Å². The van der Waals surface area contributed by atoms with Gasteiger partial charge < -0.3 is 19.5 Å². The van der Waals surface area contributed by atoms with E-state index < -0.39 is 17.5 Å². The Morgan fingerprint density at radius 3 is 2.81 bits per heavy atom. The van der Waals surface area contributed by atoms with E-state index in [9.17, 15) is 14.3 Å². The first-order valence-electron chi connectivity index (χ1n) is 14.4. The zero-order valence-corrected chi connectivity index (χ0v) is 24.5. The minimum Gasteiger partial charge on any atom is -0.383 e. The summed E-state index contributed by atoms with van der Waals surface area (Å²) in [6.07, 6.45) is 5.09. The summed E-state index contributed by atoms with van der Waals surface area (Å²) in [6.45, 7) is 0.652. The number of rotatable bonds is 6. The SMILES string of the molecule is N#Cc1cc(NC(=O)c2c(Cl)c(SN3C4CCC45C3CC5(O)c3cc(-c4ccccc4)on3)c3n2CCCC3)cc(F)n1. The minimum atomic E-state index is -1.05. The minimum absolute atomic E-state index is 0.126. The average Bonchev–Trinajstić information content (AvgIpc) is 3.58. The fourth-order valence-electron chi connectivity index (χ4n) is 7.64. The van der Waals surface area contributed by atoms with Crippen LogP contribution >= 0.6 is 23.5 Å². The van der Waals surface area contributed by atoms with Crippen LogP contribution in [-0.2, 0) is 18.6 Å². The van der Waals surface area contributed by atoms with Crippen molar-refractivity contribution in [2.45, 2.75) is 67.6 Å². The monoisotopic (exact) mass is 616 g/mol. The lowest BCUT2D eigenvalue weighted by Crippen LogP contribution is -2.88. The van der Waals surface area contributed by atoms with Crippen LogP contribution in [0.3, 0.4) is 0 Å². The molecule has 218 valence electrons. The van der Waals surface area contributed by atoms with Crippen molar-refractivity contribution in [2.24, 2.45) is 5.41 Å². The van der Waals surface area contributed by atoms with Crippen LogP contribution in [0.1, 0.15) is 59.7 Å². The molecular formula is C31H26ClFN6O3S. The second-order valence-corrected chi connectivity index (χ2v) is 13.1. The van der Waals surface area contributed by atoms with Gasteiger partial charge in [-0.1, -0.05) is 47.1 Å². The topological polar surface area (TPSA) is 120 Å². The molecule has 3 fully saturated rings. The molecule has 0 radical (unpaired) electrons.